The second-order valence-electron chi connectivity index (χ2n) is 6.86. The van der Waals surface area contributed by atoms with Gasteiger partial charge in [-0.3, -0.25) is 10.1 Å². The lowest BCUT2D eigenvalue weighted by atomic mass is 9.79. The highest BCUT2D eigenvalue weighted by Crippen LogP contribution is 2.30. The third kappa shape index (κ3) is 3.82. The molecule has 0 fully saturated rings. The molecule has 0 radical (unpaired) electrons. The van der Waals surface area contributed by atoms with Gasteiger partial charge in [0, 0.05) is 5.56 Å². The third-order valence-corrected chi connectivity index (χ3v) is 3.10. The Morgan fingerprint density at radius 2 is 1.42 bits per heavy atom. The number of amides is 1. The van der Waals surface area contributed by atoms with E-state index in [1.54, 1.807) is 6.19 Å². The van der Waals surface area contributed by atoms with Crippen molar-refractivity contribution >= 4 is 5.91 Å². The number of carbonyl (C=O) groups is 1. The highest BCUT2D eigenvalue weighted by atomic mass is 16.1. The Labute approximate surface area is 115 Å². The van der Waals surface area contributed by atoms with E-state index in [-0.39, 0.29) is 16.7 Å². The molecular formula is C16H22N2O. The molecule has 0 aromatic heterocycles. The summed E-state index contributed by atoms with van der Waals surface area (Å²) in [6, 6.07) is 5.87. The molecule has 0 spiro atoms. The number of nitriles is 1. The fourth-order valence-electron chi connectivity index (χ4n) is 1.75. The van der Waals surface area contributed by atoms with Gasteiger partial charge in [0.1, 0.15) is 0 Å². The van der Waals surface area contributed by atoms with Crippen LogP contribution in [0.4, 0.5) is 0 Å². The van der Waals surface area contributed by atoms with Crippen LogP contribution in [0.15, 0.2) is 18.2 Å². The maximum absolute atomic E-state index is 11.9. The largest absolute Gasteiger partial charge is 0.268 e. The number of rotatable bonds is 1. The fraction of sp³-hybridized carbons (Fsp3) is 0.500. The smallest absolute Gasteiger partial charge is 0.264 e. The van der Waals surface area contributed by atoms with Crippen LogP contribution in [-0.2, 0) is 10.8 Å². The van der Waals surface area contributed by atoms with Gasteiger partial charge in [0.25, 0.3) is 5.91 Å². The summed E-state index contributed by atoms with van der Waals surface area (Å²) in [4.78, 5) is 11.9. The molecule has 0 aliphatic carbocycles. The van der Waals surface area contributed by atoms with Gasteiger partial charge in [0.2, 0.25) is 0 Å². The number of benzene rings is 1. The topological polar surface area (TPSA) is 52.9 Å². The van der Waals surface area contributed by atoms with Crippen LogP contribution in [0, 0.1) is 11.5 Å². The van der Waals surface area contributed by atoms with Crippen molar-refractivity contribution in [1.82, 2.24) is 5.32 Å². The average Bonchev–Trinajstić information content (AvgIpc) is 2.26. The summed E-state index contributed by atoms with van der Waals surface area (Å²) in [6.45, 7) is 12.7. The van der Waals surface area contributed by atoms with E-state index in [0.29, 0.717) is 5.56 Å². The van der Waals surface area contributed by atoms with E-state index in [2.05, 4.69) is 52.9 Å². The van der Waals surface area contributed by atoms with Gasteiger partial charge in [-0.2, -0.15) is 5.26 Å². The van der Waals surface area contributed by atoms with Gasteiger partial charge in [-0.05, 0) is 34.1 Å². The molecule has 1 aromatic carbocycles. The molecule has 0 bridgehead atoms. The molecule has 0 atom stereocenters. The molecule has 0 aliphatic heterocycles. The fourth-order valence-corrected chi connectivity index (χ4v) is 1.75. The molecule has 0 saturated carbocycles. The number of nitrogens with zero attached hydrogens (tertiary/aromatic N) is 1. The summed E-state index contributed by atoms with van der Waals surface area (Å²) in [5.41, 5.74) is 2.66. The quantitative estimate of drug-likeness (QED) is 0.619. The van der Waals surface area contributed by atoms with Crippen LogP contribution >= 0.6 is 0 Å². The van der Waals surface area contributed by atoms with E-state index in [9.17, 15) is 4.79 Å². The zero-order chi connectivity index (χ0) is 14.8. The number of nitrogens with one attached hydrogen (secondary N) is 1. The van der Waals surface area contributed by atoms with E-state index in [1.807, 2.05) is 12.1 Å². The van der Waals surface area contributed by atoms with Gasteiger partial charge in [-0.25, -0.2) is 0 Å². The predicted octanol–water partition coefficient (Wildman–Crippen LogP) is 3.49. The van der Waals surface area contributed by atoms with Crippen LogP contribution in [0.2, 0.25) is 0 Å². The van der Waals surface area contributed by atoms with E-state index < -0.39 is 0 Å². The van der Waals surface area contributed by atoms with E-state index in [4.69, 9.17) is 5.26 Å². The lowest BCUT2D eigenvalue weighted by Crippen LogP contribution is -2.22. The van der Waals surface area contributed by atoms with Gasteiger partial charge in [0.15, 0.2) is 6.19 Å². The monoisotopic (exact) mass is 258 g/mol. The summed E-state index contributed by atoms with van der Waals surface area (Å²) in [5, 5.41) is 10.8. The summed E-state index contributed by atoms with van der Waals surface area (Å²) < 4.78 is 0. The van der Waals surface area contributed by atoms with Gasteiger partial charge in [0.05, 0.1) is 0 Å². The highest BCUT2D eigenvalue weighted by Gasteiger charge is 2.22. The molecule has 0 saturated heterocycles. The molecule has 0 unspecified atom stereocenters. The molecule has 102 valence electrons. The maximum atomic E-state index is 11.9. The lowest BCUT2D eigenvalue weighted by Gasteiger charge is -2.25. The number of hydrogen-bond acceptors (Lipinski definition) is 2. The van der Waals surface area contributed by atoms with Crippen molar-refractivity contribution in [2.24, 2.45) is 0 Å². The first-order chi connectivity index (χ1) is 8.55. The van der Waals surface area contributed by atoms with Crippen molar-refractivity contribution in [2.45, 2.75) is 52.4 Å². The second kappa shape index (κ2) is 5.05. The molecule has 0 aliphatic rings. The molecule has 1 rings (SSSR count). The zero-order valence-corrected chi connectivity index (χ0v) is 12.6. The molecule has 3 nitrogen and oxygen atoms in total. The summed E-state index contributed by atoms with van der Waals surface area (Å²) in [6.07, 6.45) is 1.68. The van der Waals surface area contributed by atoms with Crippen LogP contribution in [0.1, 0.15) is 63.0 Å². The standard InChI is InChI=1S/C16H22N2O/c1-15(2,3)12-7-11(14(19)18-10-17)8-13(9-12)16(4,5)6/h7-9H,1-6H3,(H,18,19). The molecule has 1 N–H and O–H groups in total. The Bertz CT molecular complexity index is 493. The van der Waals surface area contributed by atoms with Crippen LogP contribution in [0.3, 0.4) is 0 Å². The zero-order valence-electron chi connectivity index (χ0n) is 12.6. The van der Waals surface area contributed by atoms with E-state index in [1.165, 1.54) is 0 Å². The SMILES string of the molecule is CC(C)(C)c1cc(C(=O)NC#N)cc(C(C)(C)C)c1. The predicted molar refractivity (Wildman–Crippen MR) is 76.9 cm³/mol. The normalized spacial score (nSPS) is 11.8. The Hall–Kier alpha value is -1.82. The minimum absolute atomic E-state index is 0.0388. The molecule has 1 aromatic rings. The molecule has 0 heterocycles. The van der Waals surface area contributed by atoms with Gasteiger partial charge in [-0.15, -0.1) is 0 Å². The third-order valence-electron chi connectivity index (χ3n) is 3.10. The van der Waals surface area contributed by atoms with Crippen molar-refractivity contribution in [3.05, 3.63) is 34.9 Å². The number of hydrogen-bond donors (Lipinski definition) is 1. The van der Waals surface area contributed by atoms with Crippen molar-refractivity contribution in [1.29, 1.82) is 5.26 Å². The Balaban J connectivity index is 3.42. The lowest BCUT2D eigenvalue weighted by molar-refractivity contribution is 0.0972. The molecule has 1 amide bonds. The van der Waals surface area contributed by atoms with Crippen molar-refractivity contribution in [3.8, 4) is 6.19 Å². The second-order valence-corrected chi connectivity index (χ2v) is 6.86. The van der Waals surface area contributed by atoms with Crippen LogP contribution in [0.5, 0.6) is 0 Å². The number of carbonyl (C=O) groups excluding carboxylic acids is 1. The minimum Gasteiger partial charge on any atom is -0.268 e. The first-order valence-electron chi connectivity index (χ1n) is 6.41. The molecular weight excluding hydrogens is 236 g/mol. The Kier molecular flexibility index (Phi) is 4.05. The Morgan fingerprint density at radius 1 is 1.00 bits per heavy atom. The summed E-state index contributed by atoms with van der Waals surface area (Å²) in [7, 11) is 0. The summed E-state index contributed by atoms with van der Waals surface area (Å²) >= 11 is 0. The maximum Gasteiger partial charge on any atom is 0.264 e. The average molecular weight is 258 g/mol. The first-order valence-corrected chi connectivity index (χ1v) is 6.41. The first kappa shape index (κ1) is 15.2. The minimum atomic E-state index is -0.348. The van der Waals surface area contributed by atoms with Crippen molar-refractivity contribution in [3.63, 3.8) is 0 Å². The van der Waals surface area contributed by atoms with Crippen LogP contribution in [0.25, 0.3) is 0 Å². The van der Waals surface area contributed by atoms with Crippen molar-refractivity contribution in [2.75, 3.05) is 0 Å². The highest BCUT2D eigenvalue weighted by molar-refractivity contribution is 5.95. The van der Waals surface area contributed by atoms with E-state index >= 15 is 0 Å². The van der Waals surface area contributed by atoms with Crippen LogP contribution < -0.4 is 5.32 Å². The van der Waals surface area contributed by atoms with Gasteiger partial charge in [-0.1, -0.05) is 47.6 Å². The van der Waals surface area contributed by atoms with Gasteiger partial charge < -0.3 is 0 Å². The van der Waals surface area contributed by atoms with Crippen molar-refractivity contribution < 1.29 is 4.79 Å². The Morgan fingerprint density at radius 3 is 1.74 bits per heavy atom. The summed E-state index contributed by atoms with van der Waals surface area (Å²) in [5.74, 6) is -0.348. The molecule has 3 heteroatoms. The van der Waals surface area contributed by atoms with E-state index in [0.717, 1.165) is 11.1 Å². The van der Waals surface area contributed by atoms with Crippen LogP contribution in [-0.4, -0.2) is 5.91 Å². The molecule has 19 heavy (non-hydrogen) atoms. The van der Waals surface area contributed by atoms with Gasteiger partial charge >= 0.3 is 0 Å².